The number of allylic oxidation sites excluding steroid dienone is 1. The third-order valence-corrected chi connectivity index (χ3v) is 6.66. The molecule has 0 unspecified atom stereocenters. The van der Waals surface area contributed by atoms with Crippen LogP contribution in [0.25, 0.3) is 0 Å². The van der Waals surface area contributed by atoms with Crippen LogP contribution in [-0.2, 0) is 15.0 Å². The van der Waals surface area contributed by atoms with E-state index in [2.05, 4.69) is 25.6 Å². The number of hydrogen-bond acceptors (Lipinski definition) is 4. The molecule has 0 aliphatic carbocycles. The van der Waals surface area contributed by atoms with Gasteiger partial charge in [0.15, 0.2) is 0 Å². The van der Waals surface area contributed by atoms with Crippen LogP contribution >= 0.6 is 38.9 Å². The number of halogens is 3. The Morgan fingerprint density at radius 1 is 1.35 bits per heavy atom. The van der Waals surface area contributed by atoms with E-state index in [4.69, 9.17) is 11.6 Å². The van der Waals surface area contributed by atoms with Crippen LogP contribution in [0.15, 0.2) is 50.3 Å². The van der Waals surface area contributed by atoms with Crippen LogP contribution in [0.5, 0.6) is 0 Å². The van der Waals surface area contributed by atoms with Crippen LogP contribution in [0, 0.1) is 5.82 Å². The van der Waals surface area contributed by atoms with Crippen molar-refractivity contribution in [1.29, 1.82) is 0 Å². The maximum Gasteiger partial charge on any atom is 0.345 e. The number of hydrogen-bond donors (Lipinski definition) is 1. The molecule has 0 radical (unpaired) electrons. The highest BCUT2D eigenvalue weighted by atomic mass is 79.9. The Bertz CT molecular complexity index is 1070. The lowest BCUT2D eigenvalue weighted by Crippen LogP contribution is -2.35. The van der Waals surface area contributed by atoms with Gasteiger partial charge in [0.05, 0.1) is 19.4 Å². The fourth-order valence-electron chi connectivity index (χ4n) is 2.10. The minimum absolute atomic E-state index is 0.125. The van der Waals surface area contributed by atoms with Gasteiger partial charge in [0.25, 0.3) is 5.91 Å². The summed E-state index contributed by atoms with van der Waals surface area (Å²) >= 11 is 10.3. The van der Waals surface area contributed by atoms with E-state index in [0.717, 1.165) is 14.2 Å². The third-order valence-electron chi connectivity index (χ3n) is 3.41. The molecule has 1 N–H and O–H groups in total. The Hall–Kier alpha value is -1.75. The van der Waals surface area contributed by atoms with Crippen molar-refractivity contribution >= 4 is 66.4 Å². The molecule has 0 atom stereocenters. The Morgan fingerprint density at radius 3 is 2.69 bits per heavy atom. The monoisotopic (exact) mass is 477 g/mol. The molecule has 0 fully saturated rings. The predicted molar refractivity (Wildman–Crippen MR) is 103 cm³/mol. The summed E-state index contributed by atoms with van der Waals surface area (Å²) in [6.45, 7) is 0. The van der Waals surface area contributed by atoms with Crippen molar-refractivity contribution in [3.8, 4) is 0 Å². The van der Waals surface area contributed by atoms with Crippen LogP contribution in [0.4, 0.5) is 10.1 Å². The summed E-state index contributed by atoms with van der Waals surface area (Å²) in [5.41, 5.74) is 0.261. The fourth-order valence-corrected chi connectivity index (χ4v) is 4.59. The van der Waals surface area contributed by atoms with E-state index in [1.165, 1.54) is 36.6 Å². The number of nitrogens with one attached hydrogen (secondary N) is 1. The molecule has 3 rings (SSSR count). The SMILES string of the molecule is CN1C(C(=O)Nc2ccc(F)c(Cl)c2)=CC(c2ccc(Br)s2)=NS1(=O)=O. The minimum atomic E-state index is -4.05. The molecule has 1 aliphatic rings. The number of thiophene rings is 1. The van der Waals surface area contributed by atoms with Crippen molar-refractivity contribution in [3.05, 3.63) is 61.6 Å². The molecule has 1 aliphatic heterocycles. The molecule has 1 amide bonds. The van der Waals surface area contributed by atoms with Gasteiger partial charge in [0.2, 0.25) is 0 Å². The van der Waals surface area contributed by atoms with Gasteiger partial charge in [0, 0.05) is 12.7 Å². The summed E-state index contributed by atoms with van der Waals surface area (Å²) in [6, 6.07) is 7.10. The fraction of sp³-hybridized carbons (Fsp3) is 0.0667. The molecular weight excluding hydrogens is 469 g/mol. The number of likely N-dealkylation sites (N-methyl/N-ethyl adjacent to an activating group) is 1. The van der Waals surface area contributed by atoms with Gasteiger partial charge in [-0.3, -0.25) is 4.79 Å². The highest BCUT2D eigenvalue weighted by Gasteiger charge is 2.30. The van der Waals surface area contributed by atoms with Crippen LogP contribution < -0.4 is 5.32 Å². The summed E-state index contributed by atoms with van der Waals surface area (Å²) in [6.07, 6.45) is 1.37. The van der Waals surface area contributed by atoms with E-state index in [1.54, 1.807) is 12.1 Å². The number of rotatable bonds is 3. The second kappa shape index (κ2) is 7.10. The van der Waals surface area contributed by atoms with Gasteiger partial charge < -0.3 is 5.32 Å². The van der Waals surface area contributed by atoms with Crippen molar-refractivity contribution < 1.29 is 17.6 Å². The van der Waals surface area contributed by atoms with Crippen molar-refractivity contribution in [2.45, 2.75) is 0 Å². The van der Waals surface area contributed by atoms with E-state index < -0.39 is 21.9 Å². The highest BCUT2D eigenvalue weighted by Crippen LogP contribution is 2.27. The number of carbonyl (C=O) groups is 1. The summed E-state index contributed by atoms with van der Waals surface area (Å²) in [5, 5.41) is 2.34. The lowest BCUT2D eigenvalue weighted by Gasteiger charge is -2.23. The van der Waals surface area contributed by atoms with E-state index in [-0.39, 0.29) is 22.1 Å². The number of nitrogens with zero attached hydrogens (tertiary/aromatic N) is 2. The van der Waals surface area contributed by atoms with E-state index in [9.17, 15) is 17.6 Å². The lowest BCUT2D eigenvalue weighted by atomic mass is 10.2. The molecule has 2 heterocycles. The zero-order valence-electron chi connectivity index (χ0n) is 13.0. The molecular formula is C15H10BrClFN3O3S2. The zero-order chi connectivity index (χ0) is 19.1. The number of carbonyl (C=O) groups excluding carboxylic acids is 1. The van der Waals surface area contributed by atoms with Gasteiger partial charge in [-0.2, -0.15) is 8.42 Å². The first-order valence-electron chi connectivity index (χ1n) is 7.00. The molecule has 136 valence electrons. The van der Waals surface area contributed by atoms with Gasteiger partial charge in [-0.05, 0) is 52.3 Å². The molecule has 0 bridgehead atoms. The van der Waals surface area contributed by atoms with Gasteiger partial charge in [0.1, 0.15) is 11.5 Å². The lowest BCUT2D eigenvalue weighted by molar-refractivity contribution is -0.113. The minimum Gasteiger partial charge on any atom is -0.321 e. The molecule has 1 aromatic heterocycles. The number of anilines is 1. The van der Waals surface area contributed by atoms with Crippen molar-refractivity contribution in [1.82, 2.24) is 4.31 Å². The molecule has 6 nitrogen and oxygen atoms in total. The Morgan fingerprint density at radius 2 is 2.08 bits per heavy atom. The second-order valence-corrected chi connectivity index (χ2v) is 9.63. The Kier molecular flexibility index (Phi) is 5.20. The maximum atomic E-state index is 13.2. The van der Waals surface area contributed by atoms with Gasteiger partial charge in [-0.25, -0.2) is 8.70 Å². The van der Waals surface area contributed by atoms with Crippen molar-refractivity contribution in [3.63, 3.8) is 0 Å². The van der Waals surface area contributed by atoms with Crippen molar-refractivity contribution in [2.75, 3.05) is 12.4 Å². The average Bonchev–Trinajstić information content (AvgIpc) is 2.99. The van der Waals surface area contributed by atoms with E-state index >= 15 is 0 Å². The predicted octanol–water partition coefficient (Wildman–Crippen LogP) is 3.81. The van der Waals surface area contributed by atoms with Gasteiger partial charge in [-0.1, -0.05) is 11.6 Å². The zero-order valence-corrected chi connectivity index (χ0v) is 17.0. The molecule has 1 aromatic carbocycles. The molecule has 0 saturated carbocycles. The van der Waals surface area contributed by atoms with E-state index in [0.29, 0.717) is 4.88 Å². The second-order valence-electron chi connectivity index (χ2n) is 5.14. The smallest absolute Gasteiger partial charge is 0.321 e. The molecule has 0 spiro atoms. The number of benzene rings is 1. The summed E-state index contributed by atoms with van der Waals surface area (Å²) in [4.78, 5) is 13.1. The van der Waals surface area contributed by atoms with Gasteiger partial charge >= 0.3 is 10.2 Å². The molecule has 26 heavy (non-hydrogen) atoms. The summed E-state index contributed by atoms with van der Waals surface area (Å²) in [7, 11) is -2.83. The Labute approximate surface area is 166 Å². The van der Waals surface area contributed by atoms with Crippen LogP contribution in [0.2, 0.25) is 5.02 Å². The van der Waals surface area contributed by atoms with Crippen LogP contribution in [0.3, 0.4) is 0 Å². The Balaban J connectivity index is 1.95. The molecule has 2 aromatic rings. The largest absolute Gasteiger partial charge is 0.345 e. The summed E-state index contributed by atoms with van der Waals surface area (Å²) < 4.78 is 43.1. The van der Waals surface area contributed by atoms with E-state index in [1.807, 2.05) is 0 Å². The van der Waals surface area contributed by atoms with Crippen molar-refractivity contribution in [2.24, 2.45) is 4.40 Å². The first kappa shape index (κ1) is 19.0. The first-order chi connectivity index (χ1) is 12.2. The normalized spacial score (nSPS) is 16.1. The summed E-state index contributed by atoms with van der Waals surface area (Å²) in [5.74, 6) is -1.32. The van der Waals surface area contributed by atoms with Gasteiger partial charge in [-0.15, -0.1) is 15.7 Å². The first-order valence-corrected chi connectivity index (χ1v) is 10.4. The number of amides is 1. The quantitative estimate of drug-likeness (QED) is 0.729. The maximum absolute atomic E-state index is 13.2. The topological polar surface area (TPSA) is 78.8 Å². The highest BCUT2D eigenvalue weighted by molar-refractivity contribution is 9.11. The average molecular weight is 479 g/mol. The van der Waals surface area contributed by atoms with Crippen LogP contribution in [-0.4, -0.2) is 31.4 Å². The molecule has 11 heteroatoms. The van der Waals surface area contributed by atoms with Crippen LogP contribution in [0.1, 0.15) is 4.88 Å². The molecule has 0 saturated heterocycles. The standard InChI is InChI=1S/C15H10BrClFN3O3S2/c1-21-12(15(22)19-8-2-3-10(18)9(17)6-8)7-11(20-26(21,23)24)13-4-5-14(16)25-13/h2-7H,1H3,(H,19,22). The third kappa shape index (κ3) is 3.83.